The van der Waals surface area contributed by atoms with Crippen LogP contribution < -0.4 is 10.5 Å². The molecule has 0 saturated carbocycles. The van der Waals surface area contributed by atoms with Crippen LogP contribution in [0.5, 0.6) is 0 Å². The van der Waals surface area contributed by atoms with Gasteiger partial charge in [-0.2, -0.15) is 0 Å². The summed E-state index contributed by atoms with van der Waals surface area (Å²) in [5, 5.41) is 9.09. The number of hydrogen-bond acceptors (Lipinski definition) is 6. The first-order valence-corrected chi connectivity index (χ1v) is 9.63. The van der Waals surface area contributed by atoms with E-state index in [0.717, 1.165) is 15.6 Å². The van der Waals surface area contributed by atoms with Crippen molar-refractivity contribution in [2.24, 2.45) is 0 Å². The number of rotatable bonds is 4. The summed E-state index contributed by atoms with van der Waals surface area (Å²) < 4.78 is 8.89. The SMILES string of the molecule is COC(=O)Cc1ccc(-n2c(=O)c3cc(Br)ccc3n3c(N(C)C)nnc23)cc1. The summed E-state index contributed by atoms with van der Waals surface area (Å²) in [6, 6.07) is 12.7. The van der Waals surface area contributed by atoms with Gasteiger partial charge in [0.15, 0.2) is 0 Å². The summed E-state index contributed by atoms with van der Waals surface area (Å²) in [5.41, 5.74) is 1.95. The van der Waals surface area contributed by atoms with Crippen LogP contribution in [0.3, 0.4) is 0 Å². The molecule has 0 aliphatic carbocycles. The number of halogens is 1. The third-order valence-electron chi connectivity index (χ3n) is 4.63. The molecule has 29 heavy (non-hydrogen) atoms. The van der Waals surface area contributed by atoms with Crippen LogP contribution in [0.2, 0.25) is 0 Å². The van der Waals surface area contributed by atoms with Crippen molar-refractivity contribution in [2.75, 3.05) is 26.1 Å². The van der Waals surface area contributed by atoms with E-state index in [2.05, 4.69) is 26.1 Å². The van der Waals surface area contributed by atoms with Crippen molar-refractivity contribution in [1.82, 2.24) is 19.2 Å². The fraction of sp³-hybridized carbons (Fsp3) is 0.200. The second-order valence-electron chi connectivity index (χ2n) is 6.75. The molecule has 0 N–H and O–H groups in total. The number of anilines is 1. The summed E-state index contributed by atoms with van der Waals surface area (Å²) in [5.74, 6) is 0.707. The topological polar surface area (TPSA) is 81.7 Å². The molecule has 148 valence electrons. The molecule has 2 heterocycles. The van der Waals surface area contributed by atoms with Gasteiger partial charge in [-0.15, -0.1) is 10.2 Å². The van der Waals surface area contributed by atoms with E-state index in [4.69, 9.17) is 4.74 Å². The van der Waals surface area contributed by atoms with Gasteiger partial charge in [-0.1, -0.05) is 28.1 Å². The molecular weight excluding hydrogens is 438 g/mol. The Kier molecular flexibility index (Phi) is 4.83. The van der Waals surface area contributed by atoms with Gasteiger partial charge in [-0.3, -0.25) is 9.59 Å². The average molecular weight is 456 g/mol. The van der Waals surface area contributed by atoms with Gasteiger partial charge in [-0.05, 0) is 35.9 Å². The summed E-state index contributed by atoms with van der Waals surface area (Å²) in [6.45, 7) is 0. The quantitative estimate of drug-likeness (QED) is 0.439. The second-order valence-corrected chi connectivity index (χ2v) is 7.67. The number of fused-ring (bicyclic) bond motifs is 3. The van der Waals surface area contributed by atoms with E-state index in [1.807, 2.05) is 35.5 Å². The van der Waals surface area contributed by atoms with Gasteiger partial charge in [0.2, 0.25) is 11.7 Å². The van der Waals surface area contributed by atoms with Gasteiger partial charge in [0.25, 0.3) is 5.56 Å². The Morgan fingerprint density at radius 1 is 1.14 bits per heavy atom. The maximum atomic E-state index is 13.4. The van der Waals surface area contributed by atoms with E-state index >= 15 is 0 Å². The van der Waals surface area contributed by atoms with Crippen molar-refractivity contribution in [2.45, 2.75) is 6.42 Å². The van der Waals surface area contributed by atoms with Crippen LogP contribution in [0.1, 0.15) is 5.56 Å². The van der Waals surface area contributed by atoms with Crippen molar-refractivity contribution in [3.8, 4) is 5.69 Å². The molecule has 0 spiro atoms. The molecule has 8 nitrogen and oxygen atoms in total. The minimum atomic E-state index is -0.319. The maximum Gasteiger partial charge on any atom is 0.309 e. The molecule has 0 aliphatic heterocycles. The van der Waals surface area contributed by atoms with Gasteiger partial charge < -0.3 is 9.64 Å². The van der Waals surface area contributed by atoms with E-state index in [0.29, 0.717) is 22.8 Å². The highest BCUT2D eigenvalue weighted by Crippen LogP contribution is 2.23. The van der Waals surface area contributed by atoms with E-state index in [1.54, 1.807) is 30.3 Å². The molecule has 9 heteroatoms. The average Bonchev–Trinajstić information content (AvgIpc) is 3.14. The summed E-state index contributed by atoms with van der Waals surface area (Å²) in [7, 11) is 5.10. The third-order valence-corrected chi connectivity index (χ3v) is 5.13. The molecule has 0 amide bonds. The van der Waals surface area contributed by atoms with Gasteiger partial charge >= 0.3 is 5.97 Å². The molecule has 0 fully saturated rings. The number of esters is 1. The predicted molar refractivity (Wildman–Crippen MR) is 114 cm³/mol. The van der Waals surface area contributed by atoms with Crippen LogP contribution >= 0.6 is 15.9 Å². The number of methoxy groups -OCH3 is 1. The van der Waals surface area contributed by atoms with Crippen LogP contribution in [0.25, 0.3) is 22.4 Å². The lowest BCUT2D eigenvalue weighted by molar-refractivity contribution is -0.139. The standard InChI is InChI=1S/C20H18BrN5O3/c1-24(2)19-22-23-20-25(14-7-4-12(5-8-14)10-17(27)29-3)18(28)15-11-13(21)6-9-16(15)26(19)20/h4-9,11H,10H2,1-3H3. The molecule has 0 unspecified atom stereocenters. The number of benzene rings is 2. The summed E-state index contributed by atoms with van der Waals surface area (Å²) in [4.78, 5) is 26.7. The van der Waals surface area contributed by atoms with Gasteiger partial charge in [0, 0.05) is 18.6 Å². The van der Waals surface area contributed by atoms with Crippen molar-refractivity contribution >= 4 is 44.5 Å². The van der Waals surface area contributed by atoms with Gasteiger partial charge in [0.1, 0.15) is 0 Å². The van der Waals surface area contributed by atoms with Gasteiger partial charge in [-0.25, -0.2) is 8.97 Å². The molecule has 0 atom stereocenters. The normalized spacial score (nSPS) is 11.2. The monoisotopic (exact) mass is 455 g/mol. The lowest BCUT2D eigenvalue weighted by atomic mass is 10.1. The zero-order valence-corrected chi connectivity index (χ0v) is 17.7. The molecular formula is C20H18BrN5O3. The zero-order chi connectivity index (χ0) is 20.7. The minimum Gasteiger partial charge on any atom is -0.469 e. The molecule has 2 aromatic heterocycles. The van der Waals surface area contributed by atoms with E-state index < -0.39 is 0 Å². The fourth-order valence-electron chi connectivity index (χ4n) is 3.24. The largest absolute Gasteiger partial charge is 0.469 e. The number of carbonyl (C=O) groups excluding carboxylic acids is 1. The van der Waals surface area contributed by atoms with Crippen molar-refractivity contribution < 1.29 is 9.53 Å². The van der Waals surface area contributed by atoms with Crippen molar-refractivity contribution in [3.05, 3.63) is 62.9 Å². The van der Waals surface area contributed by atoms with E-state index in [1.165, 1.54) is 11.7 Å². The molecule has 0 aliphatic rings. The van der Waals surface area contributed by atoms with Crippen LogP contribution in [0.4, 0.5) is 5.95 Å². The fourth-order valence-corrected chi connectivity index (χ4v) is 3.60. The first-order valence-electron chi connectivity index (χ1n) is 8.83. The highest BCUT2D eigenvalue weighted by atomic mass is 79.9. The molecule has 0 bridgehead atoms. The van der Waals surface area contributed by atoms with Crippen LogP contribution in [0.15, 0.2) is 51.7 Å². The van der Waals surface area contributed by atoms with E-state index in [9.17, 15) is 9.59 Å². The number of carbonyl (C=O) groups is 1. The van der Waals surface area contributed by atoms with Gasteiger partial charge in [0.05, 0.1) is 30.1 Å². The minimum absolute atomic E-state index is 0.168. The Balaban J connectivity index is 2.00. The molecule has 0 radical (unpaired) electrons. The second kappa shape index (κ2) is 7.32. The molecule has 4 rings (SSSR count). The Bertz CT molecular complexity index is 1290. The molecule has 2 aromatic carbocycles. The maximum absolute atomic E-state index is 13.4. The lowest BCUT2D eigenvalue weighted by Gasteiger charge is -2.14. The zero-order valence-electron chi connectivity index (χ0n) is 16.1. The van der Waals surface area contributed by atoms with Crippen LogP contribution in [-0.2, 0) is 16.0 Å². The van der Waals surface area contributed by atoms with E-state index in [-0.39, 0.29) is 17.9 Å². The predicted octanol–water partition coefficient (Wildman–Crippen LogP) is 2.58. The highest BCUT2D eigenvalue weighted by molar-refractivity contribution is 9.10. The third kappa shape index (κ3) is 3.27. The Labute approximate surface area is 174 Å². The summed E-state index contributed by atoms with van der Waals surface area (Å²) >= 11 is 3.45. The summed E-state index contributed by atoms with van der Waals surface area (Å²) in [6.07, 6.45) is 0.168. The first kappa shape index (κ1) is 19.1. The van der Waals surface area contributed by atoms with Crippen molar-refractivity contribution in [1.29, 1.82) is 0 Å². The van der Waals surface area contributed by atoms with Crippen molar-refractivity contribution in [3.63, 3.8) is 0 Å². The number of ether oxygens (including phenoxy) is 1. The Hall–Kier alpha value is -3.20. The van der Waals surface area contributed by atoms with Crippen LogP contribution in [-0.4, -0.2) is 46.3 Å². The van der Waals surface area contributed by atoms with Crippen LogP contribution in [0, 0.1) is 0 Å². The number of aromatic nitrogens is 4. The Morgan fingerprint density at radius 3 is 2.52 bits per heavy atom. The lowest BCUT2D eigenvalue weighted by Crippen LogP contribution is -2.23. The molecule has 4 aromatic rings. The Morgan fingerprint density at radius 2 is 1.86 bits per heavy atom. The number of nitrogens with zero attached hydrogens (tertiary/aromatic N) is 5. The molecule has 0 saturated heterocycles. The number of hydrogen-bond donors (Lipinski definition) is 0. The highest BCUT2D eigenvalue weighted by Gasteiger charge is 2.19. The smallest absolute Gasteiger partial charge is 0.309 e. The first-order chi connectivity index (χ1) is 13.9.